The second-order valence-electron chi connectivity index (χ2n) is 3.92. The van der Waals surface area contributed by atoms with E-state index in [0.29, 0.717) is 0 Å². The Morgan fingerprint density at radius 3 is 2.86 bits per heavy atom. The maximum Gasteiger partial charge on any atom is 0.343 e. The van der Waals surface area contributed by atoms with Crippen molar-refractivity contribution >= 4 is 34.2 Å². The summed E-state index contributed by atoms with van der Waals surface area (Å²) in [7, 11) is 0. The van der Waals surface area contributed by atoms with E-state index in [1.807, 2.05) is 0 Å². The predicted molar refractivity (Wildman–Crippen MR) is 71.0 cm³/mol. The van der Waals surface area contributed by atoms with Crippen molar-refractivity contribution in [3.8, 4) is 5.75 Å². The fourth-order valence-corrected chi connectivity index (χ4v) is 1.99. The van der Waals surface area contributed by atoms with Crippen LogP contribution in [0.15, 0.2) is 12.3 Å². The highest BCUT2D eigenvalue weighted by molar-refractivity contribution is 6.34. The smallest absolute Gasteiger partial charge is 0.343 e. The third-order valence-corrected chi connectivity index (χ3v) is 3.04. The molecule has 0 saturated heterocycles. The Balaban J connectivity index is 2.81. The largest absolute Gasteiger partial charge is 0.506 e. The molecule has 0 fully saturated rings. The number of nitro benzene ring substituents is 1. The number of rotatable bonds is 3. The fraction of sp³-hybridized carbons (Fsp3) is 0.167. The second-order valence-corrected chi connectivity index (χ2v) is 4.29. The number of aromatic hydroxyl groups is 1. The van der Waals surface area contributed by atoms with Crippen LogP contribution in [0.1, 0.15) is 17.3 Å². The summed E-state index contributed by atoms with van der Waals surface area (Å²) in [5, 5.41) is 19.9. The molecule has 0 aliphatic carbocycles. The van der Waals surface area contributed by atoms with Gasteiger partial charge in [0.1, 0.15) is 17.1 Å². The van der Waals surface area contributed by atoms with Crippen molar-refractivity contribution in [2.45, 2.75) is 6.92 Å². The van der Waals surface area contributed by atoms with E-state index in [4.69, 9.17) is 16.3 Å². The molecule has 0 aliphatic rings. The first-order valence-electron chi connectivity index (χ1n) is 5.69. The van der Waals surface area contributed by atoms with Crippen molar-refractivity contribution in [2.24, 2.45) is 0 Å². The van der Waals surface area contributed by atoms with Gasteiger partial charge < -0.3 is 9.84 Å². The fourth-order valence-electron chi connectivity index (χ4n) is 1.77. The van der Waals surface area contributed by atoms with Crippen LogP contribution in [0, 0.1) is 15.9 Å². The number of benzene rings is 1. The average Bonchev–Trinajstić information content (AvgIpc) is 2.41. The van der Waals surface area contributed by atoms with Gasteiger partial charge in [0.15, 0.2) is 10.5 Å². The highest BCUT2D eigenvalue weighted by Crippen LogP contribution is 2.38. The molecule has 0 aliphatic heterocycles. The molecule has 0 amide bonds. The van der Waals surface area contributed by atoms with Crippen LogP contribution in [0.4, 0.5) is 10.1 Å². The van der Waals surface area contributed by atoms with Crippen LogP contribution >= 0.6 is 11.6 Å². The molecule has 1 aromatic carbocycles. The van der Waals surface area contributed by atoms with Gasteiger partial charge in [0.25, 0.3) is 0 Å². The third-order valence-electron chi connectivity index (χ3n) is 2.68. The van der Waals surface area contributed by atoms with Crippen molar-refractivity contribution in [3.63, 3.8) is 0 Å². The lowest BCUT2D eigenvalue weighted by Crippen LogP contribution is -2.06. The molecule has 1 aromatic heterocycles. The van der Waals surface area contributed by atoms with Gasteiger partial charge in [-0.1, -0.05) is 11.6 Å². The van der Waals surface area contributed by atoms with E-state index < -0.39 is 33.2 Å². The zero-order valence-corrected chi connectivity index (χ0v) is 11.3. The summed E-state index contributed by atoms with van der Waals surface area (Å²) in [5.41, 5.74) is -1.42. The van der Waals surface area contributed by atoms with Crippen molar-refractivity contribution in [1.29, 1.82) is 0 Å². The first-order valence-corrected chi connectivity index (χ1v) is 6.07. The van der Waals surface area contributed by atoms with Gasteiger partial charge in [0.2, 0.25) is 0 Å². The van der Waals surface area contributed by atoms with Gasteiger partial charge in [-0.3, -0.25) is 10.1 Å². The first kappa shape index (κ1) is 14.9. The molecular weight excluding hydrogens is 307 g/mol. The molecule has 110 valence electrons. The molecule has 1 heterocycles. The van der Waals surface area contributed by atoms with E-state index in [1.54, 1.807) is 6.92 Å². The summed E-state index contributed by atoms with van der Waals surface area (Å²) in [6.45, 7) is 1.62. The minimum absolute atomic E-state index is 0.0609. The van der Waals surface area contributed by atoms with Crippen LogP contribution in [0.2, 0.25) is 5.02 Å². The van der Waals surface area contributed by atoms with Crippen molar-refractivity contribution < 1.29 is 24.0 Å². The van der Waals surface area contributed by atoms with Gasteiger partial charge >= 0.3 is 11.7 Å². The number of esters is 1. The zero-order valence-electron chi connectivity index (χ0n) is 10.6. The minimum atomic E-state index is -1.10. The summed E-state index contributed by atoms with van der Waals surface area (Å²) < 4.78 is 18.3. The van der Waals surface area contributed by atoms with Crippen molar-refractivity contribution in [1.82, 2.24) is 4.98 Å². The highest BCUT2D eigenvalue weighted by Gasteiger charge is 2.26. The minimum Gasteiger partial charge on any atom is -0.506 e. The Hall–Kier alpha value is -2.48. The van der Waals surface area contributed by atoms with Crippen LogP contribution in [0.25, 0.3) is 10.9 Å². The standard InChI is InChI=1S/C12H8ClFN2O5/c1-2-21-12(18)6-4-15-9-5(11(6)17)3-7(14)8(13)10(9)16(19)20/h3-4H,2H2,1H3,(H,15,17). The summed E-state index contributed by atoms with van der Waals surface area (Å²) >= 11 is 5.54. The Bertz CT molecular complexity index is 765. The molecule has 9 heteroatoms. The van der Waals surface area contributed by atoms with E-state index in [2.05, 4.69) is 4.98 Å². The van der Waals surface area contributed by atoms with Gasteiger partial charge in [0.05, 0.1) is 16.9 Å². The summed E-state index contributed by atoms with van der Waals surface area (Å²) in [4.78, 5) is 25.4. The topological polar surface area (TPSA) is 103 Å². The molecule has 2 rings (SSSR count). The number of aromatic nitrogens is 1. The Kier molecular flexibility index (Phi) is 3.90. The lowest BCUT2D eigenvalue weighted by Gasteiger charge is -2.08. The summed E-state index contributed by atoms with van der Waals surface area (Å²) in [5.74, 6) is -2.63. The number of nitro groups is 1. The van der Waals surface area contributed by atoms with E-state index in [-0.39, 0.29) is 23.1 Å². The van der Waals surface area contributed by atoms with Crippen LogP contribution in [-0.4, -0.2) is 27.6 Å². The highest BCUT2D eigenvalue weighted by atomic mass is 35.5. The SMILES string of the molecule is CCOC(=O)c1cnc2c([N+](=O)[O-])c(Cl)c(F)cc2c1O. The maximum atomic E-state index is 13.6. The molecule has 21 heavy (non-hydrogen) atoms. The van der Waals surface area contributed by atoms with E-state index in [0.717, 1.165) is 12.3 Å². The molecule has 7 nitrogen and oxygen atoms in total. The first-order chi connectivity index (χ1) is 9.88. The zero-order chi connectivity index (χ0) is 15.7. The van der Waals surface area contributed by atoms with E-state index in [1.165, 1.54) is 0 Å². The van der Waals surface area contributed by atoms with Crippen LogP contribution < -0.4 is 0 Å². The number of nitrogens with zero attached hydrogens (tertiary/aromatic N) is 2. The van der Waals surface area contributed by atoms with Crippen molar-refractivity contribution in [3.05, 3.63) is 38.8 Å². The monoisotopic (exact) mass is 314 g/mol. The second kappa shape index (κ2) is 5.49. The number of hydrogen-bond acceptors (Lipinski definition) is 6. The molecular formula is C12H8ClFN2O5. The Morgan fingerprint density at radius 2 is 2.29 bits per heavy atom. The third kappa shape index (κ3) is 2.45. The Labute approximate surface area is 122 Å². The van der Waals surface area contributed by atoms with Gasteiger partial charge in [-0.05, 0) is 13.0 Å². The number of carbonyl (C=O) groups excluding carboxylic acids is 1. The van der Waals surface area contributed by atoms with Crippen molar-refractivity contribution in [2.75, 3.05) is 6.61 Å². The van der Waals surface area contributed by atoms with E-state index >= 15 is 0 Å². The van der Waals surface area contributed by atoms with Gasteiger partial charge in [0, 0.05) is 6.20 Å². The molecule has 0 spiro atoms. The molecule has 0 saturated carbocycles. The number of pyridine rings is 1. The number of carbonyl (C=O) groups is 1. The molecule has 1 N–H and O–H groups in total. The maximum absolute atomic E-state index is 13.6. The number of hydrogen-bond donors (Lipinski definition) is 1. The number of fused-ring (bicyclic) bond motifs is 1. The van der Waals surface area contributed by atoms with E-state index in [9.17, 15) is 24.4 Å². The Morgan fingerprint density at radius 1 is 1.62 bits per heavy atom. The normalized spacial score (nSPS) is 10.6. The van der Waals surface area contributed by atoms with Crippen LogP contribution in [0.3, 0.4) is 0 Å². The summed E-state index contributed by atoms with van der Waals surface area (Å²) in [6, 6.07) is 0.774. The van der Waals surface area contributed by atoms with Gasteiger partial charge in [-0.25, -0.2) is 14.2 Å². The molecule has 0 atom stereocenters. The molecule has 0 bridgehead atoms. The lowest BCUT2D eigenvalue weighted by atomic mass is 10.1. The molecule has 0 unspecified atom stereocenters. The summed E-state index contributed by atoms with van der Waals surface area (Å²) in [6.07, 6.45) is 0.914. The lowest BCUT2D eigenvalue weighted by molar-refractivity contribution is -0.383. The molecule has 0 radical (unpaired) electrons. The van der Waals surface area contributed by atoms with Crippen LogP contribution in [-0.2, 0) is 4.74 Å². The van der Waals surface area contributed by atoms with Crippen LogP contribution in [0.5, 0.6) is 5.75 Å². The predicted octanol–water partition coefficient (Wildman–Crippen LogP) is 2.82. The van der Waals surface area contributed by atoms with Gasteiger partial charge in [-0.15, -0.1) is 0 Å². The number of ether oxygens (including phenoxy) is 1. The van der Waals surface area contributed by atoms with Gasteiger partial charge in [-0.2, -0.15) is 0 Å². The quantitative estimate of drug-likeness (QED) is 0.531. The molecule has 2 aromatic rings. The number of halogens is 2. The average molecular weight is 315 g/mol.